The van der Waals surface area contributed by atoms with Gasteiger partial charge in [0.1, 0.15) is 11.5 Å². The highest BCUT2D eigenvalue weighted by Crippen LogP contribution is 2.24. The average Bonchev–Trinajstić information content (AvgIpc) is 3.12. The fraction of sp³-hybridized carbons (Fsp3) is 0.588. The first-order valence-corrected chi connectivity index (χ1v) is 10.2. The molecular weight excluding hydrogens is 358 g/mol. The van der Waals surface area contributed by atoms with E-state index in [1.807, 2.05) is 6.07 Å². The van der Waals surface area contributed by atoms with E-state index in [0.29, 0.717) is 24.5 Å². The molecule has 3 N–H and O–H groups in total. The molecule has 0 bridgehead atoms. The minimum absolute atomic E-state index is 0.0314. The maximum absolute atomic E-state index is 11.9. The highest BCUT2D eigenvalue weighted by molar-refractivity contribution is 7.87. The third-order valence-electron chi connectivity index (χ3n) is 4.30. The topological polar surface area (TPSA) is 106 Å². The van der Waals surface area contributed by atoms with E-state index in [4.69, 9.17) is 9.47 Å². The molecule has 146 valence electrons. The van der Waals surface area contributed by atoms with Crippen LogP contribution >= 0.6 is 0 Å². The number of nitrogens with one attached hydrogen (secondary N) is 3. The zero-order valence-electron chi connectivity index (χ0n) is 15.2. The van der Waals surface area contributed by atoms with Gasteiger partial charge in [0.25, 0.3) is 10.2 Å². The lowest BCUT2D eigenvalue weighted by molar-refractivity contribution is -0.119. The number of methoxy groups -OCH3 is 2. The molecule has 1 saturated carbocycles. The first kappa shape index (κ1) is 20.5. The van der Waals surface area contributed by atoms with Crippen molar-refractivity contribution in [3.8, 4) is 11.5 Å². The van der Waals surface area contributed by atoms with Crippen molar-refractivity contribution in [3.05, 3.63) is 23.8 Å². The zero-order valence-corrected chi connectivity index (χ0v) is 16.0. The first-order valence-electron chi connectivity index (χ1n) is 8.68. The van der Waals surface area contributed by atoms with Crippen LogP contribution in [0.25, 0.3) is 0 Å². The molecule has 0 heterocycles. The second kappa shape index (κ2) is 9.75. The van der Waals surface area contributed by atoms with Gasteiger partial charge in [-0.1, -0.05) is 12.8 Å². The number of carbonyl (C=O) groups is 1. The Morgan fingerprint density at radius 3 is 2.58 bits per heavy atom. The summed E-state index contributed by atoms with van der Waals surface area (Å²) in [6.45, 7) is 0.0669. The fourth-order valence-electron chi connectivity index (χ4n) is 2.94. The number of rotatable bonds is 10. The second-order valence-electron chi connectivity index (χ2n) is 6.20. The Balaban J connectivity index is 1.75. The van der Waals surface area contributed by atoms with E-state index in [1.165, 1.54) is 0 Å². The van der Waals surface area contributed by atoms with E-state index < -0.39 is 10.2 Å². The predicted octanol–water partition coefficient (Wildman–Crippen LogP) is 0.729. The van der Waals surface area contributed by atoms with Gasteiger partial charge in [-0.05, 0) is 43.0 Å². The Bertz CT molecular complexity index is 702. The lowest BCUT2D eigenvalue weighted by Gasteiger charge is -2.13. The quantitative estimate of drug-likeness (QED) is 0.551. The summed E-state index contributed by atoms with van der Waals surface area (Å²) in [5.74, 6) is 1.03. The number of carbonyl (C=O) groups excluding carboxylic acids is 1. The average molecular weight is 385 g/mol. The number of ether oxygens (including phenoxy) is 2. The number of amides is 1. The monoisotopic (exact) mass is 385 g/mol. The van der Waals surface area contributed by atoms with Crippen LogP contribution in [-0.4, -0.2) is 47.7 Å². The van der Waals surface area contributed by atoms with E-state index in [0.717, 1.165) is 31.2 Å². The normalized spacial score (nSPS) is 15.0. The van der Waals surface area contributed by atoms with Crippen LogP contribution in [0.5, 0.6) is 11.5 Å². The van der Waals surface area contributed by atoms with Crippen LogP contribution in [0, 0.1) is 0 Å². The summed E-state index contributed by atoms with van der Waals surface area (Å²) >= 11 is 0. The highest BCUT2D eigenvalue weighted by atomic mass is 32.2. The summed E-state index contributed by atoms with van der Waals surface area (Å²) in [5, 5.41) is 2.70. The van der Waals surface area contributed by atoms with Gasteiger partial charge in [0, 0.05) is 12.6 Å². The van der Waals surface area contributed by atoms with Crippen molar-refractivity contribution < 1.29 is 22.7 Å². The third kappa shape index (κ3) is 6.47. The number of hydrogen-bond acceptors (Lipinski definition) is 5. The molecule has 0 spiro atoms. The zero-order chi connectivity index (χ0) is 19.0. The molecule has 0 saturated heterocycles. The van der Waals surface area contributed by atoms with Crippen molar-refractivity contribution >= 4 is 16.1 Å². The van der Waals surface area contributed by atoms with Crippen molar-refractivity contribution in [3.63, 3.8) is 0 Å². The third-order valence-corrected chi connectivity index (χ3v) is 5.47. The van der Waals surface area contributed by atoms with Gasteiger partial charge in [0.05, 0.1) is 20.8 Å². The first-order chi connectivity index (χ1) is 12.4. The van der Waals surface area contributed by atoms with Gasteiger partial charge in [-0.3, -0.25) is 4.79 Å². The molecule has 0 aliphatic heterocycles. The number of hydrogen-bond donors (Lipinski definition) is 3. The molecular formula is C17H27N3O5S. The maximum Gasteiger partial charge on any atom is 0.277 e. The van der Waals surface area contributed by atoms with Crippen LogP contribution in [-0.2, 0) is 21.4 Å². The summed E-state index contributed by atoms with van der Waals surface area (Å²) in [6, 6.07) is 5.42. The van der Waals surface area contributed by atoms with Crippen LogP contribution in [0.15, 0.2) is 18.2 Å². The highest BCUT2D eigenvalue weighted by Gasteiger charge is 2.21. The van der Waals surface area contributed by atoms with E-state index in [-0.39, 0.29) is 18.5 Å². The Kier molecular flexibility index (Phi) is 7.67. The molecule has 1 aliphatic carbocycles. The van der Waals surface area contributed by atoms with E-state index in [2.05, 4.69) is 14.8 Å². The maximum atomic E-state index is 11.9. The summed E-state index contributed by atoms with van der Waals surface area (Å²) in [7, 11) is -0.493. The summed E-state index contributed by atoms with van der Waals surface area (Å²) in [4.78, 5) is 11.9. The molecule has 1 aromatic rings. The largest absolute Gasteiger partial charge is 0.497 e. The molecule has 1 amide bonds. The molecule has 0 unspecified atom stereocenters. The minimum atomic E-state index is -3.65. The SMILES string of the molecule is COc1ccc(OC)c(CCNC(=O)CNS(=O)(=O)NC2CCCC2)c1. The molecule has 26 heavy (non-hydrogen) atoms. The predicted molar refractivity (Wildman–Crippen MR) is 98.6 cm³/mol. The molecule has 0 radical (unpaired) electrons. The second-order valence-corrected chi connectivity index (χ2v) is 7.73. The molecule has 0 atom stereocenters. The van der Waals surface area contributed by atoms with Crippen LogP contribution in [0.2, 0.25) is 0 Å². The molecule has 1 aromatic carbocycles. The van der Waals surface area contributed by atoms with E-state index in [1.54, 1.807) is 26.4 Å². The molecule has 1 aliphatic rings. The van der Waals surface area contributed by atoms with Gasteiger partial charge >= 0.3 is 0 Å². The fourth-order valence-corrected chi connectivity index (χ4v) is 4.02. The molecule has 1 fully saturated rings. The van der Waals surface area contributed by atoms with Crippen LogP contribution in [0.4, 0.5) is 0 Å². The molecule has 0 aromatic heterocycles. The van der Waals surface area contributed by atoms with Crippen molar-refractivity contribution in [2.24, 2.45) is 0 Å². The van der Waals surface area contributed by atoms with Gasteiger partial charge < -0.3 is 14.8 Å². The van der Waals surface area contributed by atoms with Gasteiger partial charge in [0.2, 0.25) is 5.91 Å². The van der Waals surface area contributed by atoms with Crippen molar-refractivity contribution in [2.45, 2.75) is 38.1 Å². The van der Waals surface area contributed by atoms with Crippen LogP contribution in [0.3, 0.4) is 0 Å². The van der Waals surface area contributed by atoms with Crippen molar-refractivity contribution in [1.82, 2.24) is 14.8 Å². The molecule has 8 nitrogen and oxygen atoms in total. The molecule has 2 rings (SSSR count). The van der Waals surface area contributed by atoms with Crippen LogP contribution < -0.4 is 24.2 Å². The standard InChI is InChI=1S/C17H27N3O5S/c1-24-15-7-8-16(25-2)13(11-15)9-10-18-17(21)12-19-26(22,23)20-14-5-3-4-6-14/h7-8,11,14,19-20H,3-6,9-10,12H2,1-2H3,(H,18,21). The van der Waals surface area contributed by atoms with Gasteiger partial charge in [-0.15, -0.1) is 0 Å². The lowest BCUT2D eigenvalue weighted by Crippen LogP contribution is -2.45. The van der Waals surface area contributed by atoms with Crippen molar-refractivity contribution in [1.29, 1.82) is 0 Å². The smallest absolute Gasteiger partial charge is 0.277 e. The van der Waals surface area contributed by atoms with Crippen LogP contribution in [0.1, 0.15) is 31.2 Å². The summed E-state index contributed by atoms with van der Waals surface area (Å²) in [5.41, 5.74) is 0.899. The van der Waals surface area contributed by atoms with Crippen molar-refractivity contribution in [2.75, 3.05) is 27.3 Å². The Hall–Kier alpha value is -1.84. The van der Waals surface area contributed by atoms with E-state index in [9.17, 15) is 13.2 Å². The van der Waals surface area contributed by atoms with Gasteiger partial charge in [-0.25, -0.2) is 0 Å². The minimum Gasteiger partial charge on any atom is -0.497 e. The van der Waals surface area contributed by atoms with Gasteiger partial charge in [-0.2, -0.15) is 17.9 Å². The Morgan fingerprint density at radius 2 is 1.92 bits per heavy atom. The lowest BCUT2D eigenvalue weighted by atomic mass is 10.1. The summed E-state index contributed by atoms with van der Waals surface area (Å²) in [6.07, 6.45) is 4.28. The Morgan fingerprint density at radius 1 is 1.19 bits per heavy atom. The summed E-state index contributed by atoms with van der Waals surface area (Å²) < 4.78 is 39.1. The Labute approximate surface area is 154 Å². The van der Waals surface area contributed by atoms with E-state index >= 15 is 0 Å². The van der Waals surface area contributed by atoms with Gasteiger partial charge in [0.15, 0.2) is 0 Å². The number of benzene rings is 1. The molecule has 9 heteroatoms.